The molecule has 2 amide bonds. The molecule has 2 rings (SSSR count). The molecule has 0 aliphatic carbocycles. The van der Waals surface area contributed by atoms with Gasteiger partial charge in [0.1, 0.15) is 0 Å². The van der Waals surface area contributed by atoms with Crippen molar-refractivity contribution in [3.05, 3.63) is 64.1 Å². The first-order valence-electron chi connectivity index (χ1n) is 6.73. The predicted octanol–water partition coefficient (Wildman–Crippen LogP) is 4.24. The van der Waals surface area contributed by atoms with E-state index in [9.17, 15) is 9.90 Å². The van der Waals surface area contributed by atoms with E-state index in [1.807, 2.05) is 18.2 Å². The molecule has 0 unspecified atom stereocenters. The van der Waals surface area contributed by atoms with Gasteiger partial charge in [-0.2, -0.15) is 0 Å². The maximum atomic E-state index is 11.9. The van der Waals surface area contributed by atoms with E-state index < -0.39 is 18.2 Å². The minimum absolute atomic E-state index is 0.358. The number of rotatable bonds is 4. The molecule has 0 radical (unpaired) electrons. The van der Waals surface area contributed by atoms with E-state index in [2.05, 4.69) is 10.6 Å². The molecule has 0 aliphatic rings. The summed E-state index contributed by atoms with van der Waals surface area (Å²) in [5, 5.41) is 16.3. The van der Waals surface area contributed by atoms with Crippen molar-refractivity contribution in [1.82, 2.24) is 5.32 Å². The van der Waals surface area contributed by atoms with Crippen molar-refractivity contribution in [2.75, 3.05) is 5.32 Å². The van der Waals surface area contributed by atoms with Crippen LogP contribution in [-0.2, 0) is 0 Å². The SMILES string of the molecule is C[C@H](NC(=O)Nc1ccc(Cl)c(Cl)c1)[C@H](O)c1ccccc1. The molecule has 0 saturated carbocycles. The molecule has 3 N–H and O–H groups in total. The molecule has 2 aromatic carbocycles. The molecule has 2 atom stereocenters. The van der Waals surface area contributed by atoms with Crippen LogP contribution in [0.4, 0.5) is 10.5 Å². The Morgan fingerprint density at radius 1 is 1.09 bits per heavy atom. The van der Waals surface area contributed by atoms with E-state index in [-0.39, 0.29) is 0 Å². The molecule has 6 heteroatoms. The Labute approximate surface area is 139 Å². The van der Waals surface area contributed by atoms with Gasteiger partial charge in [-0.1, -0.05) is 53.5 Å². The predicted molar refractivity (Wildman–Crippen MR) is 89.5 cm³/mol. The van der Waals surface area contributed by atoms with Crippen molar-refractivity contribution in [2.45, 2.75) is 19.1 Å². The summed E-state index contributed by atoms with van der Waals surface area (Å²) in [5.41, 5.74) is 1.26. The van der Waals surface area contributed by atoms with Crippen LogP contribution >= 0.6 is 23.2 Å². The summed E-state index contributed by atoms with van der Waals surface area (Å²) in [6.07, 6.45) is -0.791. The second-order valence-electron chi connectivity index (χ2n) is 4.87. The molecule has 0 fully saturated rings. The average Bonchev–Trinajstić information content (AvgIpc) is 2.51. The third kappa shape index (κ3) is 4.37. The van der Waals surface area contributed by atoms with Crippen molar-refractivity contribution in [2.24, 2.45) is 0 Å². The molecule has 0 aliphatic heterocycles. The fraction of sp³-hybridized carbons (Fsp3) is 0.188. The van der Waals surface area contributed by atoms with E-state index in [0.29, 0.717) is 15.7 Å². The Hall–Kier alpha value is -1.75. The fourth-order valence-electron chi connectivity index (χ4n) is 1.97. The maximum Gasteiger partial charge on any atom is 0.319 e. The second-order valence-corrected chi connectivity index (χ2v) is 5.69. The van der Waals surface area contributed by atoms with Crippen LogP contribution in [0.25, 0.3) is 0 Å². The number of aliphatic hydroxyl groups excluding tert-OH is 1. The van der Waals surface area contributed by atoms with Crippen molar-refractivity contribution >= 4 is 34.9 Å². The molecule has 0 saturated heterocycles. The fourth-order valence-corrected chi connectivity index (χ4v) is 2.26. The molecule has 4 nitrogen and oxygen atoms in total. The summed E-state index contributed by atoms with van der Waals surface area (Å²) in [4.78, 5) is 11.9. The van der Waals surface area contributed by atoms with Gasteiger partial charge in [0.15, 0.2) is 0 Å². The van der Waals surface area contributed by atoms with Gasteiger partial charge in [-0.05, 0) is 30.7 Å². The smallest absolute Gasteiger partial charge is 0.319 e. The van der Waals surface area contributed by atoms with E-state index in [4.69, 9.17) is 23.2 Å². The third-order valence-corrected chi connectivity index (χ3v) is 3.89. The van der Waals surface area contributed by atoms with E-state index >= 15 is 0 Å². The molecule has 22 heavy (non-hydrogen) atoms. The van der Waals surface area contributed by atoms with Gasteiger partial charge in [0.2, 0.25) is 0 Å². The van der Waals surface area contributed by atoms with Gasteiger partial charge in [0, 0.05) is 5.69 Å². The van der Waals surface area contributed by atoms with Crippen molar-refractivity contribution in [3.8, 4) is 0 Å². The Bertz CT molecular complexity index is 650. The van der Waals surface area contributed by atoms with Gasteiger partial charge in [-0.3, -0.25) is 0 Å². The van der Waals surface area contributed by atoms with Gasteiger partial charge in [0.25, 0.3) is 0 Å². The zero-order valence-electron chi connectivity index (χ0n) is 11.9. The number of urea groups is 1. The van der Waals surface area contributed by atoms with Crippen molar-refractivity contribution in [1.29, 1.82) is 0 Å². The van der Waals surface area contributed by atoms with Crippen LogP contribution in [0.3, 0.4) is 0 Å². The highest BCUT2D eigenvalue weighted by molar-refractivity contribution is 6.42. The first-order valence-corrected chi connectivity index (χ1v) is 7.48. The monoisotopic (exact) mass is 338 g/mol. The number of amides is 2. The lowest BCUT2D eigenvalue weighted by atomic mass is 10.0. The lowest BCUT2D eigenvalue weighted by Gasteiger charge is -2.21. The van der Waals surface area contributed by atoms with Gasteiger partial charge in [0.05, 0.1) is 22.2 Å². The molecule has 0 aromatic heterocycles. The number of benzene rings is 2. The minimum Gasteiger partial charge on any atom is -0.386 e. The van der Waals surface area contributed by atoms with E-state index in [1.54, 1.807) is 37.3 Å². The van der Waals surface area contributed by atoms with Crippen LogP contribution in [0, 0.1) is 0 Å². The molecular formula is C16H16Cl2N2O2. The van der Waals surface area contributed by atoms with Crippen LogP contribution in [0.1, 0.15) is 18.6 Å². The quantitative estimate of drug-likeness (QED) is 0.780. The van der Waals surface area contributed by atoms with Crippen LogP contribution in [0.5, 0.6) is 0 Å². The summed E-state index contributed by atoms with van der Waals surface area (Å²) in [6.45, 7) is 1.73. The first kappa shape index (κ1) is 16.6. The molecule has 116 valence electrons. The van der Waals surface area contributed by atoms with Gasteiger partial charge >= 0.3 is 6.03 Å². The Morgan fingerprint density at radius 3 is 2.41 bits per heavy atom. The van der Waals surface area contributed by atoms with Crippen LogP contribution < -0.4 is 10.6 Å². The Balaban J connectivity index is 1.95. The summed E-state index contributed by atoms with van der Waals surface area (Å²) in [7, 11) is 0. The zero-order chi connectivity index (χ0) is 16.1. The highest BCUT2D eigenvalue weighted by atomic mass is 35.5. The van der Waals surface area contributed by atoms with Crippen molar-refractivity contribution in [3.63, 3.8) is 0 Å². The number of anilines is 1. The largest absolute Gasteiger partial charge is 0.386 e. The number of nitrogens with one attached hydrogen (secondary N) is 2. The lowest BCUT2D eigenvalue weighted by molar-refractivity contribution is 0.139. The minimum atomic E-state index is -0.791. The Morgan fingerprint density at radius 2 is 1.77 bits per heavy atom. The standard InChI is InChI=1S/C16H16Cl2N2O2/c1-10(15(21)11-5-3-2-4-6-11)19-16(22)20-12-7-8-13(17)14(18)9-12/h2-10,15,21H,1H3,(H2,19,20,22)/t10-,15-/m0/s1. The summed E-state index contributed by atoms with van der Waals surface area (Å²) in [6, 6.07) is 13.1. The molecule has 0 spiro atoms. The molecular weight excluding hydrogens is 323 g/mol. The summed E-state index contributed by atoms with van der Waals surface area (Å²) < 4.78 is 0. The highest BCUT2D eigenvalue weighted by Gasteiger charge is 2.18. The molecule has 0 bridgehead atoms. The average molecular weight is 339 g/mol. The van der Waals surface area contributed by atoms with Gasteiger partial charge < -0.3 is 15.7 Å². The van der Waals surface area contributed by atoms with Crippen molar-refractivity contribution < 1.29 is 9.90 Å². The second kappa shape index (κ2) is 7.49. The summed E-state index contributed by atoms with van der Waals surface area (Å²) in [5.74, 6) is 0. The van der Waals surface area contributed by atoms with E-state index in [1.165, 1.54) is 0 Å². The molecule has 0 heterocycles. The zero-order valence-corrected chi connectivity index (χ0v) is 13.4. The van der Waals surface area contributed by atoms with Crippen LogP contribution in [0.2, 0.25) is 10.0 Å². The van der Waals surface area contributed by atoms with Crippen LogP contribution in [-0.4, -0.2) is 17.2 Å². The number of hydrogen-bond donors (Lipinski definition) is 3. The summed E-state index contributed by atoms with van der Waals surface area (Å²) >= 11 is 11.7. The normalized spacial score (nSPS) is 13.3. The Kier molecular flexibility index (Phi) is 5.66. The highest BCUT2D eigenvalue weighted by Crippen LogP contribution is 2.25. The van der Waals surface area contributed by atoms with Crippen LogP contribution in [0.15, 0.2) is 48.5 Å². The van der Waals surface area contributed by atoms with Gasteiger partial charge in [-0.25, -0.2) is 4.79 Å². The van der Waals surface area contributed by atoms with Gasteiger partial charge in [-0.15, -0.1) is 0 Å². The maximum absolute atomic E-state index is 11.9. The third-order valence-electron chi connectivity index (χ3n) is 3.15. The molecule has 2 aromatic rings. The lowest BCUT2D eigenvalue weighted by Crippen LogP contribution is -2.39. The van der Waals surface area contributed by atoms with E-state index in [0.717, 1.165) is 5.56 Å². The number of carbonyl (C=O) groups is 1. The number of aliphatic hydroxyl groups is 1. The number of carbonyl (C=O) groups excluding carboxylic acids is 1. The first-order chi connectivity index (χ1) is 10.5. The number of hydrogen-bond acceptors (Lipinski definition) is 2. The topological polar surface area (TPSA) is 61.4 Å². The number of halogens is 2.